The number of nitrogens with zero attached hydrogens (tertiary/aromatic N) is 4. The van der Waals surface area contributed by atoms with Gasteiger partial charge in [0.2, 0.25) is 15.9 Å². The molecule has 2 aromatic carbocycles. The van der Waals surface area contributed by atoms with Gasteiger partial charge in [0.15, 0.2) is 0 Å². The van der Waals surface area contributed by atoms with E-state index in [1.807, 2.05) is 41.3 Å². The minimum atomic E-state index is -3.52. The number of piperidine rings is 1. The summed E-state index contributed by atoms with van der Waals surface area (Å²) in [7, 11) is -3.52. The van der Waals surface area contributed by atoms with Crippen molar-refractivity contribution in [1.82, 2.24) is 14.1 Å². The van der Waals surface area contributed by atoms with Crippen molar-refractivity contribution in [3.63, 3.8) is 0 Å². The van der Waals surface area contributed by atoms with Gasteiger partial charge < -0.3 is 4.90 Å². The molecule has 0 spiro atoms. The Balaban J connectivity index is 1.12. The molecule has 0 radical (unpaired) electrons. The molecule has 3 aliphatic rings. The summed E-state index contributed by atoms with van der Waals surface area (Å²) in [5, 5.41) is 8.95. The first-order valence-electron chi connectivity index (χ1n) is 12.6. The van der Waals surface area contributed by atoms with E-state index in [4.69, 9.17) is 5.26 Å². The first-order chi connectivity index (χ1) is 16.9. The van der Waals surface area contributed by atoms with Crippen LogP contribution in [0, 0.1) is 17.2 Å². The number of aryl methyl sites for hydroxylation is 2. The Hall–Kier alpha value is -2.73. The van der Waals surface area contributed by atoms with Gasteiger partial charge in [0, 0.05) is 51.7 Å². The van der Waals surface area contributed by atoms with Crippen molar-refractivity contribution in [2.45, 2.75) is 43.5 Å². The van der Waals surface area contributed by atoms with Gasteiger partial charge >= 0.3 is 0 Å². The molecule has 0 unspecified atom stereocenters. The monoisotopic (exact) mass is 492 g/mol. The molecule has 5 rings (SSSR count). The van der Waals surface area contributed by atoms with Gasteiger partial charge in [-0.25, -0.2) is 8.42 Å². The number of carbonyl (C=O) groups is 1. The van der Waals surface area contributed by atoms with Crippen LogP contribution in [0.4, 0.5) is 0 Å². The predicted molar refractivity (Wildman–Crippen MR) is 133 cm³/mol. The number of hydrogen-bond acceptors (Lipinski definition) is 5. The van der Waals surface area contributed by atoms with Gasteiger partial charge in [-0.1, -0.05) is 18.2 Å². The van der Waals surface area contributed by atoms with Crippen molar-refractivity contribution in [1.29, 1.82) is 5.26 Å². The van der Waals surface area contributed by atoms with Crippen LogP contribution in [0.5, 0.6) is 0 Å². The van der Waals surface area contributed by atoms with Crippen LogP contribution >= 0.6 is 0 Å². The van der Waals surface area contributed by atoms with Crippen molar-refractivity contribution in [2.24, 2.45) is 5.92 Å². The number of rotatable bonds is 5. The molecule has 2 aromatic rings. The molecule has 184 valence electrons. The van der Waals surface area contributed by atoms with Crippen LogP contribution in [0.15, 0.2) is 47.4 Å². The predicted octanol–water partition coefficient (Wildman–Crippen LogP) is 2.79. The van der Waals surface area contributed by atoms with E-state index >= 15 is 0 Å². The number of piperazine rings is 1. The molecule has 0 bridgehead atoms. The Kier molecular flexibility index (Phi) is 6.92. The number of carbonyl (C=O) groups excluding carboxylic acids is 1. The maximum atomic E-state index is 13.2. The SMILES string of the molecule is N#Cc1ccc(CN2CCN(C(=O)C3CCN(S(=O)(=O)c4ccc5c(c4)CCC5)CC3)CC2)cc1. The lowest BCUT2D eigenvalue weighted by atomic mass is 9.96. The van der Waals surface area contributed by atoms with Gasteiger partial charge in [0.05, 0.1) is 16.5 Å². The quantitative estimate of drug-likeness (QED) is 0.641. The van der Waals surface area contributed by atoms with E-state index in [1.165, 1.54) is 11.1 Å². The van der Waals surface area contributed by atoms with E-state index in [-0.39, 0.29) is 11.8 Å². The van der Waals surface area contributed by atoms with Crippen LogP contribution in [-0.4, -0.2) is 67.7 Å². The zero-order valence-corrected chi connectivity index (χ0v) is 20.8. The highest BCUT2D eigenvalue weighted by atomic mass is 32.2. The largest absolute Gasteiger partial charge is 0.340 e. The van der Waals surface area contributed by atoms with Gasteiger partial charge in [-0.15, -0.1) is 0 Å². The molecule has 2 aliphatic heterocycles. The Bertz CT molecular complexity index is 1220. The first kappa shape index (κ1) is 24.0. The van der Waals surface area contributed by atoms with E-state index < -0.39 is 10.0 Å². The lowest BCUT2D eigenvalue weighted by Gasteiger charge is -2.38. The highest BCUT2D eigenvalue weighted by molar-refractivity contribution is 7.89. The van der Waals surface area contributed by atoms with Crippen LogP contribution in [0.25, 0.3) is 0 Å². The third-order valence-electron chi connectivity index (χ3n) is 7.68. The normalized spacial score (nSPS) is 19.9. The molecule has 2 heterocycles. The molecule has 35 heavy (non-hydrogen) atoms. The fourth-order valence-corrected chi connectivity index (χ4v) is 7.05. The highest BCUT2D eigenvalue weighted by Gasteiger charge is 2.35. The lowest BCUT2D eigenvalue weighted by Crippen LogP contribution is -2.51. The van der Waals surface area contributed by atoms with Crippen LogP contribution < -0.4 is 0 Å². The smallest absolute Gasteiger partial charge is 0.243 e. The van der Waals surface area contributed by atoms with Crippen molar-refractivity contribution in [3.05, 3.63) is 64.7 Å². The summed E-state index contributed by atoms with van der Waals surface area (Å²) in [4.78, 5) is 17.8. The summed E-state index contributed by atoms with van der Waals surface area (Å²) in [5.41, 5.74) is 4.26. The molecular formula is C27H32N4O3S. The first-order valence-corrected chi connectivity index (χ1v) is 14.0. The third kappa shape index (κ3) is 5.13. The Morgan fingerprint density at radius 2 is 1.60 bits per heavy atom. The van der Waals surface area contributed by atoms with Gasteiger partial charge in [-0.2, -0.15) is 9.57 Å². The van der Waals surface area contributed by atoms with Crippen molar-refractivity contribution in [2.75, 3.05) is 39.3 Å². The van der Waals surface area contributed by atoms with Crippen molar-refractivity contribution >= 4 is 15.9 Å². The standard InChI is InChI=1S/C27H32N4O3S/c28-19-21-4-6-22(7-5-21)20-29-14-16-30(17-15-29)27(32)24-10-12-31(13-11-24)35(33,34)26-9-8-23-2-1-3-25(23)18-26/h4-9,18,24H,1-3,10-17,20H2. The zero-order valence-electron chi connectivity index (χ0n) is 20.0. The van der Waals surface area contributed by atoms with E-state index in [0.29, 0.717) is 49.5 Å². The minimum Gasteiger partial charge on any atom is -0.340 e. The zero-order chi connectivity index (χ0) is 24.4. The van der Waals surface area contributed by atoms with Crippen LogP contribution in [0.2, 0.25) is 0 Å². The second-order valence-electron chi connectivity index (χ2n) is 9.87. The number of fused-ring (bicyclic) bond motifs is 1. The molecule has 0 aromatic heterocycles. The van der Waals surface area contributed by atoms with Gasteiger partial charge in [0.1, 0.15) is 0 Å². The Labute approximate surface area is 208 Å². The average Bonchev–Trinajstić information content (AvgIpc) is 3.37. The Morgan fingerprint density at radius 3 is 2.29 bits per heavy atom. The van der Waals surface area contributed by atoms with E-state index in [0.717, 1.165) is 44.5 Å². The molecule has 2 saturated heterocycles. The molecule has 1 aliphatic carbocycles. The fourth-order valence-electron chi connectivity index (χ4n) is 5.53. The summed E-state index contributed by atoms with van der Waals surface area (Å²) in [6.45, 7) is 4.63. The lowest BCUT2D eigenvalue weighted by molar-refractivity contribution is -0.138. The van der Waals surface area contributed by atoms with E-state index in [9.17, 15) is 13.2 Å². The topological polar surface area (TPSA) is 84.7 Å². The molecular weight excluding hydrogens is 460 g/mol. The van der Waals surface area contributed by atoms with Crippen LogP contribution in [-0.2, 0) is 34.2 Å². The summed E-state index contributed by atoms with van der Waals surface area (Å²) < 4.78 is 28.0. The van der Waals surface area contributed by atoms with Gasteiger partial charge in [-0.3, -0.25) is 9.69 Å². The third-order valence-corrected chi connectivity index (χ3v) is 9.58. The van der Waals surface area contributed by atoms with Crippen LogP contribution in [0.3, 0.4) is 0 Å². The molecule has 0 atom stereocenters. The number of hydrogen-bond donors (Lipinski definition) is 0. The van der Waals surface area contributed by atoms with Crippen molar-refractivity contribution in [3.8, 4) is 6.07 Å². The fraction of sp³-hybridized carbons (Fsp3) is 0.481. The van der Waals surface area contributed by atoms with Gasteiger partial charge in [0.25, 0.3) is 0 Å². The Morgan fingerprint density at radius 1 is 0.914 bits per heavy atom. The second-order valence-corrected chi connectivity index (χ2v) is 11.8. The molecule has 0 N–H and O–H groups in total. The number of sulfonamides is 1. The average molecular weight is 493 g/mol. The molecule has 1 amide bonds. The minimum absolute atomic E-state index is 0.105. The molecule has 0 saturated carbocycles. The summed E-state index contributed by atoms with van der Waals surface area (Å²) in [5.74, 6) is 0.0594. The van der Waals surface area contributed by atoms with Crippen LogP contribution in [0.1, 0.15) is 41.5 Å². The number of benzene rings is 2. The van der Waals surface area contributed by atoms with Crippen molar-refractivity contribution < 1.29 is 13.2 Å². The van der Waals surface area contributed by atoms with E-state index in [1.54, 1.807) is 10.4 Å². The molecule has 7 nitrogen and oxygen atoms in total. The summed E-state index contributed by atoms with van der Waals surface area (Å²) >= 11 is 0. The maximum absolute atomic E-state index is 13.2. The highest BCUT2D eigenvalue weighted by Crippen LogP contribution is 2.29. The molecule has 2 fully saturated rings. The summed E-state index contributed by atoms with van der Waals surface area (Å²) in [6.07, 6.45) is 4.24. The maximum Gasteiger partial charge on any atom is 0.243 e. The van der Waals surface area contributed by atoms with Gasteiger partial charge in [-0.05, 0) is 73.1 Å². The number of amides is 1. The second kappa shape index (κ2) is 10.1. The van der Waals surface area contributed by atoms with E-state index in [2.05, 4.69) is 11.0 Å². The summed E-state index contributed by atoms with van der Waals surface area (Å²) in [6, 6.07) is 15.4. The molecule has 8 heteroatoms. The number of nitriles is 1.